The van der Waals surface area contributed by atoms with Crippen LogP contribution in [0.3, 0.4) is 0 Å². The molecule has 0 bridgehead atoms. The van der Waals surface area contributed by atoms with Crippen molar-refractivity contribution < 1.29 is 0 Å². The Kier molecular flexibility index (Phi) is 5.38. The Balaban J connectivity index is 3.38. The zero-order valence-electron chi connectivity index (χ0n) is 7.65. The van der Waals surface area contributed by atoms with E-state index in [1.54, 1.807) is 0 Å². The zero-order valence-corrected chi connectivity index (χ0v) is 7.65. The van der Waals surface area contributed by atoms with Crippen molar-refractivity contribution in [1.29, 1.82) is 0 Å². The molecule has 59 valence electrons. The van der Waals surface area contributed by atoms with Gasteiger partial charge in [0, 0.05) is 0 Å². The molecule has 0 N–H and O–H groups in total. The third kappa shape index (κ3) is 5.87. The SMILES string of the molecule is CC[CH]C(C)CC=C(C)C. The van der Waals surface area contributed by atoms with Crippen molar-refractivity contribution in [3.8, 4) is 0 Å². The van der Waals surface area contributed by atoms with Gasteiger partial charge in [0.05, 0.1) is 0 Å². The van der Waals surface area contributed by atoms with Gasteiger partial charge < -0.3 is 0 Å². The Bertz CT molecular complexity index is 96.6. The maximum absolute atomic E-state index is 2.36. The van der Waals surface area contributed by atoms with Gasteiger partial charge in [0.15, 0.2) is 0 Å². The Morgan fingerprint density at radius 1 is 1.40 bits per heavy atom. The molecule has 1 radical (unpaired) electrons. The molecule has 0 aromatic heterocycles. The van der Waals surface area contributed by atoms with Crippen molar-refractivity contribution in [2.45, 2.75) is 40.5 Å². The second-order valence-electron chi connectivity index (χ2n) is 3.14. The molecule has 1 atom stereocenters. The molecule has 1 unspecified atom stereocenters. The van der Waals surface area contributed by atoms with E-state index in [4.69, 9.17) is 0 Å². The van der Waals surface area contributed by atoms with Crippen LogP contribution in [0, 0.1) is 12.3 Å². The summed E-state index contributed by atoms with van der Waals surface area (Å²) >= 11 is 0. The molecule has 0 spiro atoms. The summed E-state index contributed by atoms with van der Waals surface area (Å²) in [6, 6.07) is 0. The first-order chi connectivity index (χ1) is 4.66. The zero-order chi connectivity index (χ0) is 7.98. The molecule has 0 heteroatoms. The molecule has 0 aromatic rings. The van der Waals surface area contributed by atoms with Crippen LogP contribution in [0.1, 0.15) is 40.5 Å². The first kappa shape index (κ1) is 9.74. The molecule has 0 nitrogen and oxygen atoms in total. The summed E-state index contributed by atoms with van der Waals surface area (Å²) in [6.45, 7) is 8.76. The molecule has 0 aliphatic rings. The van der Waals surface area contributed by atoms with Crippen LogP contribution in [0.5, 0.6) is 0 Å². The summed E-state index contributed by atoms with van der Waals surface area (Å²) in [5.41, 5.74) is 1.43. The second-order valence-corrected chi connectivity index (χ2v) is 3.14. The minimum Gasteiger partial charge on any atom is -0.0856 e. The number of rotatable bonds is 4. The van der Waals surface area contributed by atoms with Crippen LogP contribution in [-0.4, -0.2) is 0 Å². The maximum Gasteiger partial charge on any atom is -0.0320 e. The quantitative estimate of drug-likeness (QED) is 0.522. The van der Waals surface area contributed by atoms with E-state index >= 15 is 0 Å². The largest absolute Gasteiger partial charge is 0.0856 e. The highest BCUT2D eigenvalue weighted by molar-refractivity contribution is 4.95. The lowest BCUT2D eigenvalue weighted by Crippen LogP contribution is -1.91. The molecule has 10 heavy (non-hydrogen) atoms. The summed E-state index contributed by atoms with van der Waals surface area (Å²) in [5.74, 6) is 0.750. The maximum atomic E-state index is 2.36. The van der Waals surface area contributed by atoms with E-state index in [-0.39, 0.29) is 0 Å². The van der Waals surface area contributed by atoms with Gasteiger partial charge in [0.2, 0.25) is 0 Å². The average molecular weight is 139 g/mol. The van der Waals surface area contributed by atoms with Crippen LogP contribution in [0.25, 0.3) is 0 Å². The smallest absolute Gasteiger partial charge is 0.0320 e. The molecular formula is C10H19. The van der Waals surface area contributed by atoms with Crippen molar-refractivity contribution >= 4 is 0 Å². The third-order valence-electron chi connectivity index (χ3n) is 1.54. The standard InChI is InChI=1S/C10H19/c1-5-6-10(4)8-7-9(2)3/h6-7,10H,5,8H2,1-4H3. The monoisotopic (exact) mass is 139 g/mol. The fourth-order valence-electron chi connectivity index (χ4n) is 0.920. The van der Waals surface area contributed by atoms with Crippen LogP contribution in [0.15, 0.2) is 11.6 Å². The molecule has 0 heterocycles. The normalized spacial score (nSPS) is 12.8. The van der Waals surface area contributed by atoms with Gasteiger partial charge >= 0.3 is 0 Å². The highest BCUT2D eigenvalue weighted by Crippen LogP contribution is 2.10. The lowest BCUT2D eigenvalue weighted by molar-refractivity contribution is 0.657. The van der Waals surface area contributed by atoms with Gasteiger partial charge in [0.1, 0.15) is 0 Å². The number of allylic oxidation sites excluding steroid dienone is 2. The Morgan fingerprint density at radius 2 is 2.00 bits per heavy atom. The fourth-order valence-corrected chi connectivity index (χ4v) is 0.920. The Hall–Kier alpha value is -0.260. The number of hydrogen-bond acceptors (Lipinski definition) is 0. The van der Waals surface area contributed by atoms with Gasteiger partial charge in [-0.3, -0.25) is 0 Å². The van der Waals surface area contributed by atoms with Gasteiger partial charge in [-0.15, -0.1) is 0 Å². The summed E-state index contributed by atoms with van der Waals surface area (Å²) in [4.78, 5) is 0. The molecule has 0 rings (SSSR count). The van der Waals surface area contributed by atoms with E-state index < -0.39 is 0 Å². The van der Waals surface area contributed by atoms with Crippen LogP contribution in [0.4, 0.5) is 0 Å². The Morgan fingerprint density at radius 3 is 2.40 bits per heavy atom. The topological polar surface area (TPSA) is 0 Å². The summed E-state index contributed by atoms with van der Waals surface area (Å²) in [5, 5.41) is 0. The lowest BCUT2D eigenvalue weighted by atomic mass is 10.0. The minimum absolute atomic E-state index is 0.750. The van der Waals surface area contributed by atoms with E-state index in [0.717, 1.165) is 5.92 Å². The molecule has 0 saturated carbocycles. The van der Waals surface area contributed by atoms with Crippen molar-refractivity contribution in [2.24, 2.45) is 5.92 Å². The summed E-state index contributed by atoms with van der Waals surface area (Å²) < 4.78 is 0. The Labute approximate surface area is 65.3 Å². The van der Waals surface area contributed by atoms with Crippen molar-refractivity contribution in [3.05, 3.63) is 18.1 Å². The van der Waals surface area contributed by atoms with Crippen LogP contribution < -0.4 is 0 Å². The van der Waals surface area contributed by atoms with E-state index in [1.807, 2.05) is 0 Å². The first-order valence-electron chi connectivity index (χ1n) is 4.13. The lowest BCUT2D eigenvalue weighted by Gasteiger charge is -2.04. The third-order valence-corrected chi connectivity index (χ3v) is 1.54. The molecule has 0 amide bonds. The summed E-state index contributed by atoms with van der Waals surface area (Å²) in [6.07, 6.45) is 7.06. The van der Waals surface area contributed by atoms with Crippen molar-refractivity contribution in [1.82, 2.24) is 0 Å². The van der Waals surface area contributed by atoms with Crippen molar-refractivity contribution in [2.75, 3.05) is 0 Å². The van der Waals surface area contributed by atoms with Crippen LogP contribution >= 0.6 is 0 Å². The minimum atomic E-state index is 0.750. The van der Waals surface area contributed by atoms with E-state index in [2.05, 4.69) is 40.2 Å². The van der Waals surface area contributed by atoms with Gasteiger partial charge in [-0.2, -0.15) is 0 Å². The van der Waals surface area contributed by atoms with Gasteiger partial charge in [-0.05, 0) is 32.6 Å². The van der Waals surface area contributed by atoms with E-state index in [0.29, 0.717) is 0 Å². The molecule has 0 aromatic carbocycles. The highest BCUT2D eigenvalue weighted by Gasteiger charge is 1.96. The summed E-state index contributed by atoms with van der Waals surface area (Å²) in [7, 11) is 0. The average Bonchev–Trinajstić information content (AvgIpc) is 1.85. The first-order valence-corrected chi connectivity index (χ1v) is 4.13. The molecule has 0 aliphatic carbocycles. The van der Waals surface area contributed by atoms with Gasteiger partial charge in [0.25, 0.3) is 0 Å². The molecule has 0 aliphatic heterocycles. The predicted octanol–water partition coefficient (Wildman–Crippen LogP) is 3.59. The second kappa shape index (κ2) is 5.52. The predicted molar refractivity (Wildman–Crippen MR) is 47.8 cm³/mol. The van der Waals surface area contributed by atoms with E-state index in [1.165, 1.54) is 18.4 Å². The van der Waals surface area contributed by atoms with Crippen molar-refractivity contribution in [3.63, 3.8) is 0 Å². The molecule has 0 fully saturated rings. The molecule has 0 saturated heterocycles. The van der Waals surface area contributed by atoms with Gasteiger partial charge in [-0.1, -0.05) is 31.9 Å². The highest BCUT2D eigenvalue weighted by atomic mass is 14.0. The molecular weight excluding hydrogens is 120 g/mol. The van der Waals surface area contributed by atoms with Crippen LogP contribution in [0.2, 0.25) is 0 Å². The fraction of sp³-hybridized carbons (Fsp3) is 0.700. The van der Waals surface area contributed by atoms with Crippen LogP contribution in [-0.2, 0) is 0 Å². The van der Waals surface area contributed by atoms with E-state index in [9.17, 15) is 0 Å². The number of hydrogen-bond donors (Lipinski definition) is 0. The van der Waals surface area contributed by atoms with Gasteiger partial charge in [-0.25, -0.2) is 0 Å².